The lowest BCUT2D eigenvalue weighted by Crippen LogP contribution is -2.56. The van der Waals surface area contributed by atoms with E-state index in [1.807, 2.05) is 0 Å². The number of aromatic nitrogens is 6. The van der Waals surface area contributed by atoms with E-state index in [4.69, 9.17) is 0 Å². The van der Waals surface area contributed by atoms with Gasteiger partial charge in [0.15, 0.2) is 0 Å². The normalized spacial score (nSPS) is 12.2. The molecule has 0 unspecified atom stereocenters. The number of benzene rings is 15. The summed E-state index contributed by atoms with van der Waals surface area (Å²) in [6.45, 7) is 13.7. The number of para-hydroxylation sites is 8. The molecule has 103 heavy (non-hydrogen) atoms. The zero-order valence-corrected chi connectivity index (χ0v) is 58.2. The molecule has 6 nitrogen and oxygen atoms in total. The van der Waals surface area contributed by atoms with Crippen molar-refractivity contribution < 1.29 is 0 Å². The maximum atomic E-state index is 2.55. The number of hydrogen-bond acceptors (Lipinski definition) is 0. The van der Waals surface area contributed by atoms with Crippen LogP contribution in [0.4, 0.5) is 0 Å². The minimum absolute atomic E-state index is 0.105. The van der Waals surface area contributed by atoms with Gasteiger partial charge in [-0.15, -0.1) is 0 Å². The van der Waals surface area contributed by atoms with E-state index < -0.39 is 0 Å². The molecular formula is C96H69BN6. The van der Waals surface area contributed by atoms with Gasteiger partial charge in [0.05, 0.1) is 66.2 Å². The molecule has 21 rings (SSSR count). The van der Waals surface area contributed by atoms with Crippen LogP contribution in [-0.4, -0.2) is 34.1 Å². The molecule has 0 radical (unpaired) electrons. The van der Waals surface area contributed by atoms with Crippen LogP contribution in [-0.2, 0) is 0 Å². The average molecular weight is 1320 g/mol. The maximum Gasteiger partial charge on any atom is 0.242 e. The second-order valence-electron chi connectivity index (χ2n) is 28.8. The first-order valence-electron chi connectivity index (χ1n) is 36.0. The molecule has 0 saturated carbocycles. The number of hydrogen-bond donors (Lipinski definition) is 0. The number of aryl methyl sites for hydroxylation is 6. The van der Waals surface area contributed by atoms with E-state index >= 15 is 0 Å². The van der Waals surface area contributed by atoms with Crippen molar-refractivity contribution in [3.8, 4) is 34.1 Å². The standard InChI is InChI=1S/C96H69BN6/c1-58-45-60(3)95(61(4)46-58)97(96-62(5)47-59(2)48-63(96)6)64-49-69(102-87-39-23-13-29-71(87)77-52-67(41-43-89(77)102)100-85-37-21-17-33-75(85)81-54-91-79(56-93(81)100)73-31-15-19-35-83(73)98(91)65-25-9-7-10-26-65)51-70(50-64)103-88-40-24-14-30-72(88)78-53-68(42-44-90(78)103)101-86-38-22-18-34-76(86)82-55-92-80(57-94(82)101)74-32-16-20-36-84(74)99(92)66-27-11-8-12-28-66/h7-57H,1-6H3. The van der Waals surface area contributed by atoms with E-state index in [2.05, 4.69) is 378 Å². The summed E-state index contributed by atoms with van der Waals surface area (Å²) in [7, 11) is 0. The van der Waals surface area contributed by atoms with Crippen LogP contribution in [0.1, 0.15) is 33.4 Å². The van der Waals surface area contributed by atoms with E-state index in [0.29, 0.717) is 0 Å². The second kappa shape index (κ2) is 22.3. The minimum atomic E-state index is -0.105. The summed E-state index contributed by atoms with van der Waals surface area (Å²) in [4.78, 5) is 0. The predicted molar refractivity (Wildman–Crippen MR) is 438 cm³/mol. The van der Waals surface area contributed by atoms with Gasteiger partial charge in [-0.2, -0.15) is 0 Å². The monoisotopic (exact) mass is 1320 g/mol. The second-order valence-corrected chi connectivity index (χ2v) is 28.8. The van der Waals surface area contributed by atoms with Crippen LogP contribution in [0.25, 0.3) is 165 Å². The third-order valence-corrected chi connectivity index (χ3v) is 22.6. The lowest BCUT2D eigenvalue weighted by atomic mass is 9.34. The van der Waals surface area contributed by atoms with Crippen LogP contribution in [0.2, 0.25) is 0 Å². The van der Waals surface area contributed by atoms with Crippen molar-refractivity contribution in [1.82, 2.24) is 27.4 Å². The van der Waals surface area contributed by atoms with Crippen molar-refractivity contribution in [1.29, 1.82) is 0 Å². The Kier molecular flexibility index (Phi) is 12.8. The van der Waals surface area contributed by atoms with Crippen LogP contribution in [0.15, 0.2) is 309 Å². The van der Waals surface area contributed by atoms with Gasteiger partial charge >= 0.3 is 0 Å². The Balaban J connectivity index is 0.807. The van der Waals surface area contributed by atoms with Crippen molar-refractivity contribution in [2.45, 2.75) is 41.5 Å². The van der Waals surface area contributed by atoms with Gasteiger partial charge in [0.25, 0.3) is 0 Å². The summed E-state index contributed by atoms with van der Waals surface area (Å²) in [5.74, 6) is 0. The van der Waals surface area contributed by atoms with Crippen LogP contribution < -0.4 is 16.4 Å². The van der Waals surface area contributed by atoms with E-state index in [0.717, 1.165) is 56.2 Å². The molecule has 0 amide bonds. The molecule has 7 heteroatoms. The highest BCUT2D eigenvalue weighted by atomic mass is 15.0. The Morgan fingerprint density at radius 2 is 0.417 bits per heavy atom. The molecular weight excluding hydrogens is 1250 g/mol. The Labute approximate surface area is 596 Å². The summed E-state index contributed by atoms with van der Waals surface area (Å²) < 4.78 is 15.0. The zero-order valence-electron chi connectivity index (χ0n) is 58.2. The molecule has 0 saturated heterocycles. The summed E-state index contributed by atoms with van der Waals surface area (Å²) in [5.41, 5.74) is 32.5. The Morgan fingerprint density at radius 1 is 0.175 bits per heavy atom. The van der Waals surface area contributed by atoms with Gasteiger partial charge in [0.1, 0.15) is 0 Å². The quantitative estimate of drug-likeness (QED) is 0.129. The molecule has 486 valence electrons. The van der Waals surface area contributed by atoms with Crippen LogP contribution in [0.5, 0.6) is 0 Å². The lowest BCUT2D eigenvalue weighted by molar-refractivity contribution is 1.13. The Hall–Kier alpha value is -12.8. The van der Waals surface area contributed by atoms with Gasteiger partial charge < -0.3 is 27.4 Å². The first kappa shape index (κ1) is 59.1. The van der Waals surface area contributed by atoms with Gasteiger partial charge in [0, 0.05) is 98.8 Å². The van der Waals surface area contributed by atoms with E-state index in [9.17, 15) is 0 Å². The van der Waals surface area contributed by atoms with Crippen molar-refractivity contribution in [2.24, 2.45) is 0 Å². The first-order valence-corrected chi connectivity index (χ1v) is 36.0. The van der Waals surface area contributed by atoms with E-state index in [1.54, 1.807) is 0 Å². The summed E-state index contributed by atoms with van der Waals surface area (Å²) in [5, 5.41) is 14.6. The SMILES string of the molecule is Cc1cc(C)c(B(c2cc(-n3c4ccccc4c4cc(-n5c6ccccc6c6cc7c(cc65)c5ccccc5n7-c5ccccc5)ccc43)cc(-n3c4ccccc4c4cc(-n5c6ccccc6c6cc7c(cc65)c5ccccc5n7-c5ccccc5)ccc43)c2)c2c(C)cc(C)cc2C)c(C)c1. The fourth-order valence-corrected chi connectivity index (χ4v) is 18.7. The van der Waals surface area contributed by atoms with Crippen LogP contribution in [0, 0.1) is 41.5 Å². The van der Waals surface area contributed by atoms with E-state index in [-0.39, 0.29) is 6.71 Å². The van der Waals surface area contributed by atoms with Crippen LogP contribution in [0.3, 0.4) is 0 Å². The van der Waals surface area contributed by atoms with Gasteiger partial charge in [-0.1, -0.05) is 220 Å². The van der Waals surface area contributed by atoms with Crippen molar-refractivity contribution in [3.05, 3.63) is 343 Å². The molecule has 6 aromatic heterocycles. The first-order chi connectivity index (χ1) is 50.6. The molecule has 0 aliphatic rings. The van der Waals surface area contributed by atoms with Crippen molar-refractivity contribution in [3.63, 3.8) is 0 Å². The van der Waals surface area contributed by atoms with Crippen molar-refractivity contribution >= 4 is 154 Å². The van der Waals surface area contributed by atoms with Gasteiger partial charge in [0.2, 0.25) is 6.71 Å². The smallest absolute Gasteiger partial charge is 0.242 e. The number of nitrogens with zero attached hydrogens (tertiary/aromatic N) is 6. The highest BCUT2D eigenvalue weighted by Crippen LogP contribution is 2.45. The lowest BCUT2D eigenvalue weighted by Gasteiger charge is -2.26. The topological polar surface area (TPSA) is 29.6 Å². The molecule has 0 bridgehead atoms. The highest BCUT2D eigenvalue weighted by molar-refractivity contribution is 6.96. The molecule has 0 N–H and O–H groups in total. The largest absolute Gasteiger partial charge is 0.309 e. The van der Waals surface area contributed by atoms with E-state index in [1.165, 1.54) is 159 Å². The summed E-state index contributed by atoms with van der Waals surface area (Å²) in [6, 6.07) is 117. The summed E-state index contributed by atoms with van der Waals surface area (Å²) >= 11 is 0. The summed E-state index contributed by atoms with van der Waals surface area (Å²) in [6.07, 6.45) is 0. The van der Waals surface area contributed by atoms with Gasteiger partial charge in [-0.05, 0) is 181 Å². The molecule has 0 aliphatic carbocycles. The Morgan fingerprint density at radius 3 is 0.718 bits per heavy atom. The number of rotatable bonds is 9. The van der Waals surface area contributed by atoms with Crippen molar-refractivity contribution in [2.75, 3.05) is 0 Å². The van der Waals surface area contributed by atoms with Crippen LogP contribution >= 0.6 is 0 Å². The molecule has 21 aromatic rings. The third-order valence-electron chi connectivity index (χ3n) is 22.6. The molecule has 6 heterocycles. The average Bonchev–Trinajstić information content (AvgIpc) is 1.56. The predicted octanol–water partition coefficient (Wildman–Crippen LogP) is 22.6. The fraction of sp³-hybridized carbons (Fsp3) is 0.0625. The molecule has 15 aromatic carbocycles. The minimum Gasteiger partial charge on any atom is -0.309 e. The third kappa shape index (κ3) is 8.69. The molecule has 0 atom stereocenters. The molecule has 0 spiro atoms. The van der Waals surface area contributed by atoms with Gasteiger partial charge in [-0.25, -0.2) is 0 Å². The Bertz CT molecular complexity index is 6720. The highest BCUT2D eigenvalue weighted by Gasteiger charge is 2.32. The fourth-order valence-electron chi connectivity index (χ4n) is 18.7. The maximum absolute atomic E-state index is 2.55. The zero-order chi connectivity index (χ0) is 68.6. The molecule has 0 aliphatic heterocycles. The molecule has 0 fully saturated rings. The number of fused-ring (bicyclic) bond motifs is 18. The van der Waals surface area contributed by atoms with Gasteiger partial charge in [-0.3, -0.25) is 0 Å².